The Labute approximate surface area is 125 Å². The lowest BCUT2D eigenvalue weighted by molar-refractivity contribution is 0.0702. The highest BCUT2D eigenvalue weighted by Crippen LogP contribution is 2.45. The van der Waals surface area contributed by atoms with Gasteiger partial charge in [0.25, 0.3) is 0 Å². The van der Waals surface area contributed by atoms with Crippen molar-refractivity contribution in [3.05, 3.63) is 16.6 Å². The van der Waals surface area contributed by atoms with E-state index in [1.807, 2.05) is 0 Å². The molecule has 0 spiro atoms. The first-order valence-corrected chi connectivity index (χ1v) is 9.54. The van der Waals surface area contributed by atoms with Crippen LogP contribution in [0.1, 0.15) is 46.6 Å². The first-order valence-electron chi connectivity index (χ1n) is 6.90. The van der Waals surface area contributed by atoms with Crippen molar-refractivity contribution in [3.63, 3.8) is 0 Å². The average Bonchev–Trinajstić information content (AvgIpc) is 2.90. The van der Waals surface area contributed by atoms with Crippen molar-refractivity contribution in [2.75, 3.05) is 11.5 Å². The Bertz CT molecular complexity index is 845. The van der Waals surface area contributed by atoms with Crippen LogP contribution in [0.5, 0.6) is 0 Å². The van der Waals surface area contributed by atoms with Crippen molar-refractivity contribution in [3.8, 4) is 0 Å². The summed E-state index contributed by atoms with van der Waals surface area (Å²) < 4.78 is 25.1. The second-order valence-electron chi connectivity index (χ2n) is 5.80. The number of nitrogens with zero attached hydrogens (tertiary/aromatic N) is 2. The van der Waals surface area contributed by atoms with Gasteiger partial charge in [-0.05, 0) is 25.3 Å². The molecule has 21 heavy (non-hydrogen) atoms. The molecule has 0 radical (unpaired) electrons. The second-order valence-corrected chi connectivity index (χ2v) is 9.05. The van der Waals surface area contributed by atoms with Gasteiger partial charge >= 0.3 is 5.97 Å². The van der Waals surface area contributed by atoms with Crippen molar-refractivity contribution < 1.29 is 18.3 Å². The zero-order chi connectivity index (χ0) is 14.8. The lowest BCUT2D eigenvalue weighted by Gasteiger charge is -2.08. The van der Waals surface area contributed by atoms with Gasteiger partial charge < -0.3 is 5.11 Å². The third-order valence-electron chi connectivity index (χ3n) is 4.14. The van der Waals surface area contributed by atoms with E-state index in [9.17, 15) is 18.3 Å². The molecule has 1 unspecified atom stereocenters. The van der Waals surface area contributed by atoms with Crippen LogP contribution < -0.4 is 0 Å². The molecule has 1 aliphatic heterocycles. The summed E-state index contributed by atoms with van der Waals surface area (Å²) in [6, 6.07) is 1.52. The lowest BCUT2D eigenvalue weighted by atomic mass is 10.2. The van der Waals surface area contributed by atoms with Crippen LogP contribution in [0.4, 0.5) is 0 Å². The molecule has 1 atom stereocenters. The van der Waals surface area contributed by atoms with Crippen molar-refractivity contribution in [2.24, 2.45) is 0 Å². The van der Waals surface area contributed by atoms with Gasteiger partial charge in [0.1, 0.15) is 9.71 Å². The summed E-state index contributed by atoms with van der Waals surface area (Å²) in [5.41, 5.74) is 0.943. The molecule has 112 valence electrons. The minimum absolute atomic E-state index is 0.105. The summed E-state index contributed by atoms with van der Waals surface area (Å²) in [6.45, 7) is 0. The molecule has 6 nitrogen and oxygen atoms in total. The maximum Gasteiger partial charge on any atom is 0.345 e. The third-order valence-corrected chi connectivity index (χ3v) is 7.00. The molecule has 1 saturated heterocycles. The van der Waals surface area contributed by atoms with Crippen molar-refractivity contribution in [1.29, 1.82) is 0 Å². The highest BCUT2D eigenvalue weighted by atomic mass is 32.2. The Morgan fingerprint density at radius 2 is 2.14 bits per heavy atom. The molecule has 4 rings (SSSR count). The molecule has 1 saturated carbocycles. The molecule has 1 N–H and O–H groups in total. The maximum absolute atomic E-state index is 11.7. The minimum Gasteiger partial charge on any atom is -0.477 e. The number of aromatic nitrogens is 2. The lowest BCUT2D eigenvalue weighted by Crippen LogP contribution is -2.12. The van der Waals surface area contributed by atoms with E-state index in [0.29, 0.717) is 17.2 Å². The number of hydrogen-bond acceptors (Lipinski definition) is 5. The SMILES string of the molecule is O=C(O)c1cc2c(C3CC3)nn(C3CCS(=O)(=O)C3)c2s1. The van der Waals surface area contributed by atoms with Gasteiger partial charge in [-0.3, -0.25) is 4.68 Å². The van der Waals surface area contributed by atoms with Crippen LogP contribution >= 0.6 is 11.3 Å². The van der Waals surface area contributed by atoms with Crippen molar-refractivity contribution >= 4 is 37.4 Å². The largest absolute Gasteiger partial charge is 0.477 e. The molecule has 8 heteroatoms. The number of carboxylic acids is 1. The van der Waals surface area contributed by atoms with Crippen LogP contribution in [-0.2, 0) is 9.84 Å². The summed E-state index contributed by atoms with van der Waals surface area (Å²) in [5, 5.41) is 14.7. The summed E-state index contributed by atoms with van der Waals surface area (Å²) in [4.78, 5) is 12.3. The fourth-order valence-corrected chi connectivity index (χ4v) is 5.65. The summed E-state index contributed by atoms with van der Waals surface area (Å²) in [6.07, 6.45) is 2.71. The maximum atomic E-state index is 11.7. The van der Waals surface area contributed by atoms with Gasteiger partial charge in [-0.25, -0.2) is 13.2 Å². The van der Waals surface area contributed by atoms with Gasteiger partial charge in [0, 0.05) is 11.3 Å². The monoisotopic (exact) mass is 326 g/mol. The van der Waals surface area contributed by atoms with Gasteiger partial charge in [0.05, 0.1) is 23.2 Å². The van der Waals surface area contributed by atoms with E-state index < -0.39 is 15.8 Å². The Kier molecular flexibility index (Phi) is 2.71. The van der Waals surface area contributed by atoms with Crippen LogP contribution in [0.2, 0.25) is 0 Å². The molecule has 2 aromatic heterocycles. The first kappa shape index (κ1) is 13.3. The van der Waals surface area contributed by atoms with E-state index in [1.54, 1.807) is 10.7 Å². The van der Waals surface area contributed by atoms with Gasteiger partial charge in [-0.1, -0.05) is 0 Å². The quantitative estimate of drug-likeness (QED) is 0.932. The Hall–Kier alpha value is -1.41. The van der Waals surface area contributed by atoms with E-state index in [2.05, 4.69) is 5.10 Å². The molecule has 0 aromatic carbocycles. The van der Waals surface area contributed by atoms with Crippen LogP contribution in [0, 0.1) is 0 Å². The number of thiophene rings is 1. The number of carbonyl (C=O) groups is 1. The zero-order valence-corrected chi connectivity index (χ0v) is 12.8. The number of aromatic carboxylic acids is 1. The highest BCUT2D eigenvalue weighted by Gasteiger charge is 2.35. The van der Waals surface area contributed by atoms with Crippen LogP contribution in [0.25, 0.3) is 10.2 Å². The van der Waals surface area contributed by atoms with E-state index in [4.69, 9.17) is 0 Å². The van der Waals surface area contributed by atoms with Gasteiger partial charge in [0.2, 0.25) is 0 Å². The number of sulfone groups is 1. The standard InChI is InChI=1S/C13H14N2O4S2/c16-13(17)10-5-9-11(7-1-2-7)14-15(12(9)20-10)8-3-4-21(18,19)6-8/h5,7-8H,1-4,6H2,(H,16,17). The summed E-state index contributed by atoms with van der Waals surface area (Å²) >= 11 is 1.19. The predicted octanol–water partition coefficient (Wildman–Crippen LogP) is 2.03. The topological polar surface area (TPSA) is 89.3 Å². The number of carboxylic acid groups (broad SMARTS) is 1. The molecule has 2 aliphatic rings. The smallest absolute Gasteiger partial charge is 0.345 e. The van der Waals surface area contributed by atoms with Crippen LogP contribution in [0.3, 0.4) is 0 Å². The summed E-state index contributed by atoms with van der Waals surface area (Å²) in [5.74, 6) is -0.241. The van der Waals surface area contributed by atoms with Gasteiger partial charge in [0.15, 0.2) is 9.84 Å². The summed E-state index contributed by atoms with van der Waals surface area (Å²) in [7, 11) is -2.99. The Balaban J connectivity index is 1.86. The third kappa shape index (κ3) is 2.17. The van der Waals surface area contributed by atoms with Crippen LogP contribution in [0.15, 0.2) is 6.07 Å². The first-order chi connectivity index (χ1) is 9.94. The number of rotatable bonds is 3. The van der Waals surface area contributed by atoms with Gasteiger partial charge in [-0.15, -0.1) is 11.3 Å². The fraction of sp³-hybridized carbons (Fsp3) is 0.538. The molecular formula is C13H14N2O4S2. The van der Waals surface area contributed by atoms with Gasteiger partial charge in [-0.2, -0.15) is 5.10 Å². The highest BCUT2D eigenvalue weighted by molar-refractivity contribution is 7.91. The van der Waals surface area contributed by atoms with Crippen LogP contribution in [-0.4, -0.2) is 40.8 Å². The Morgan fingerprint density at radius 1 is 1.38 bits per heavy atom. The fourth-order valence-electron chi connectivity index (χ4n) is 2.93. The Morgan fingerprint density at radius 3 is 2.71 bits per heavy atom. The zero-order valence-electron chi connectivity index (χ0n) is 11.2. The molecular weight excluding hydrogens is 312 g/mol. The van der Waals surface area contributed by atoms with E-state index in [0.717, 1.165) is 28.8 Å². The van der Waals surface area contributed by atoms with E-state index >= 15 is 0 Å². The van der Waals surface area contributed by atoms with Crippen molar-refractivity contribution in [1.82, 2.24) is 9.78 Å². The average molecular weight is 326 g/mol. The van der Waals surface area contributed by atoms with E-state index in [-0.39, 0.29) is 17.5 Å². The molecule has 0 bridgehead atoms. The second kappa shape index (κ2) is 4.30. The molecule has 0 amide bonds. The molecule has 2 aromatic rings. The predicted molar refractivity (Wildman–Crippen MR) is 78.9 cm³/mol. The minimum atomic E-state index is -2.99. The molecule has 3 heterocycles. The van der Waals surface area contributed by atoms with E-state index in [1.165, 1.54) is 11.3 Å². The molecule has 1 aliphatic carbocycles. The number of hydrogen-bond donors (Lipinski definition) is 1. The normalized spacial score (nSPS) is 24.7. The van der Waals surface area contributed by atoms with Crippen molar-refractivity contribution in [2.45, 2.75) is 31.2 Å². The number of fused-ring (bicyclic) bond motifs is 1. The molecule has 2 fully saturated rings.